The molecule has 1 aromatic rings. The van der Waals surface area contributed by atoms with Crippen LogP contribution in [0.3, 0.4) is 0 Å². The highest BCUT2D eigenvalue weighted by atomic mass is 79.9. The highest BCUT2D eigenvalue weighted by Gasteiger charge is 2.21. The summed E-state index contributed by atoms with van der Waals surface area (Å²) in [6.45, 7) is 3.47. The second kappa shape index (κ2) is 7.30. The lowest BCUT2D eigenvalue weighted by Gasteiger charge is -2.17. The third-order valence-corrected chi connectivity index (χ3v) is 4.15. The summed E-state index contributed by atoms with van der Waals surface area (Å²) in [6.07, 6.45) is 7.99. The van der Waals surface area contributed by atoms with Crippen LogP contribution in [0.1, 0.15) is 44.6 Å². The molecule has 1 fully saturated rings. The predicted octanol–water partition coefficient (Wildman–Crippen LogP) is 4.55. The maximum Gasteiger partial charge on any atom is 0.0177 e. The largest absolute Gasteiger partial charge is 0.314 e. The first-order valence-electron chi connectivity index (χ1n) is 7.25. The Labute approximate surface area is 119 Å². The molecule has 0 bridgehead atoms. The van der Waals surface area contributed by atoms with E-state index in [4.69, 9.17) is 0 Å². The number of hydrogen-bond donors (Lipinski definition) is 1. The molecule has 1 atom stereocenters. The van der Waals surface area contributed by atoms with Crippen molar-refractivity contribution in [3.05, 3.63) is 34.3 Å². The molecule has 0 spiro atoms. The lowest BCUT2D eigenvalue weighted by atomic mass is 9.94. The van der Waals surface area contributed by atoms with Gasteiger partial charge in [0, 0.05) is 10.5 Å². The van der Waals surface area contributed by atoms with Gasteiger partial charge in [0.1, 0.15) is 0 Å². The van der Waals surface area contributed by atoms with Gasteiger partial charge in [-0.05, 0) is 55.8 Å². The quantitative estimate of drug-likeness (QED) is 0.743. The monoisotopic (exact) mass is 309 g/mol. The minimum absolute atomic E-state index is 0.792. The van der Waals surface area contributed by atoms with E-state index in [1.54, 1.807) is 0 Å². The Hall–Kier alpha value is -0.340. The Bertz CT molecular complexity index is 360. The fourth-order valence-electron chi connectivity index (χ4n) is 2.39. The molecule has 0 radical (unpaired) electrons. The third-order valence-electron chi connectivity index (χ3n) is 3.65. The van der Waals surface area contributed by atoms with Gasteiger partial charge in [-0.15, -0.1) is 0 Å². The van der Waals surface area contributed by atoms with E-state index < -0.39 is 0 Å². The van der Waals surface area contributed by atoms with E-state index in [2.05, 4.69) is 52.4 Å². The molecular weight excluding hydrogens is 286 g/mol. The van der Waals surface area contributed by atoms with E-state index in [-0.39, 0.29) is 0 Å². The van der Waals surface area contributed by atoms with E-state index >= 15 is 0 Å². The number of halogens is 1. The molecule has 1 unspecified atom stereocenters. The van der Waals surface area contributed by atoms with E-state index in [1.165, 1.54) is 55.1 Å². The van der Waals surface area contributed by atoms with E-state index in [0.717, 1.165) is 12.0 Å². The minimum atomic E-state index is 0.792. The summed E-state index contributed by atoms with van der Waals surface area (Å²) in [7, 11) is 0. The number of nitrogens with one attached hydrogen (secondary N) is 1. The number of rotatable bonds is 8. The van der Waals surface area contributed by atoms with Crippen LogP contribution in [0.25, 0.3) is 0 Å². The standard InChI is InChI=1S/C16H24BrN/c1-2-3-5-14(12-18-16-8-9-16)10-13-6-4-7-15(17)11-13/h4,6-7,11,14,16,18H,2-3,5,8-10,12H2,1H3. The van der Waals surface area contributed by atoms with Crippen LogP contribution in [-0.2, 0) is 6.42 Å². The molecule has 1 N–H and O–H groups in total. The van der Waals surface area contributed by atoms with Crippen LogP contribution in [0.2, 0.25) is 0 Å². The molecule has 1 nitrogen and oxygen atoms in total. The number of hydrogen-bond acceptors (Lipinski definition) is 1. The van der Waals surface area contributed by atoms with Gasteiger partial charge in [-0.1, -0.05) is 47.8 Å². The molecule has 0 saturated heterocycles. The topological polar surface area (TPSA) is 12.0 Å². The Kier molecular flexibility index (Phi) is 5.71. The SMILES string of the molecule is CCCCC(CNC1CC1)Cc1cccc(Br)c1. The first-order chi connectivity index (χ1) is 8.78. The maximum absolute atomic E-state index is 3.69. The predicted molar refractivity (Wildman–Crippen MR) is 81.9 cm³/mol. The van der Waals surface area contributed by atoms with Crippen molar-refractivity contribution in [2.24, 2.45) is 5.92 Å². The Morgan fingerprint density at radius 2 is 2.22 bits per heavy atom. The molecule has 2 heteroatoms. The van der Waals surface area contributed by atoms with Crippen molar-refractivity contribution in [1.82, 2.24) is 5.32 Å². The van der Waals surface area contributed by atoms with Gasteiger partial charge in [-0.2, -0.15) is 0 Å². The van der Waals surface area contributed by atoms with Gasteiger partial charge in [-0.25, -0.2) is 0 Å². The van der Waals surface area contributed by atoms with E-state index in [9.17, 15) is 0 Å². The van der Waals surface area contributed by atoms with Gasteiger partial charge in [0.05, 0.1) is 0 Å². The molecule has 18 heavy (non-hydrogen) atoms. The smallest absolute Gasteiger partial charge is 0.0177 e. The molecule has 0 heterocycles. The highest BCUT2D eigenvalue weighted by molar-refractivity contribution is 9.10. The van der Waals surface area contributed by atoms with Gasteiger partial charge in [0.25, 0.3) is 0 Å². The minimum Gasteiger partial charge on any atom is -0.314 e. The van der Waals surface area contributed by atoms with Crippen molar-refractivity contribution < 1.29 is 0 Å². The first-order valence-corrected chi connectivity index (χ1v) is 8.05. The zero-order valence-electron chi connectivity index (χ0n) is 11.3. The van der Waals surface area contributed by atoms with Gasteiger partial charge < -0.3 is 5.32 Å². The normalized spacial score (nSPS) is 16.8. The number of unbranched alkanes of at least 4 members (excludes halogenated alkanes) is 1. The van der Waals surface area contributed by atoms with Gasteiger partial charge >= 0.3 is 0 Å². The van der Waals surface area contributed by atoms with Crippen molar-refractivity contribution >= 4 is 15.9 Å². The van der Waals surface area contributed by atoms with Crippen LogP contribution in [0, 0.1) is 5.92 Å². The molecule has 1 aromatic carbocycles. The summed E-state index contributed by atoms with van der Waals surface area (Å²) < 4.78 is 1.20. The zero-order chi connectivity index (χ0) is 12.8. The summed E-state index contributed by atoms with van der Waals surface area (Å²) in [4.78, 5) is 0. The fourth-order valence-corrected chi connectivity index (χ4v) is 2.83. The van der Waals surface area contributed by atoms with Crippen LogP contribution in [0.15, 0.2) is 28.7 Å². The maximum atomic E-state index is 3.69. The van der Waals surface area contributed by atoms with E-state index in [0.29, 0.717) is 0 Å². The molecule has 1 aliphatic carbocycles. The summed E-state index contributed by atoms with van der Waals surface area (Å²) in [6, 6.07) is 9.59. The van der Waals surface area contributed by atoms with Crippen molar-refractivity contribution in [2.75, 3.05) is 6.54 Å². The lowest BCUT2D eigenvalue weighted by molar-refractivity contribution is 0.427. The summed E-state index contributed by atoms with van der Waals surface area (Å²) in [5.74, 6) is 0.792. The van der Waals surface area contributed by atoms with E-state index in [1.807, 2.05) is 0 Å². The first kappa shape index (κ1) is 14.1. The zero-order valence-corrected chi connectivity index (χ0v) is 12.9. The van der Waals surface area contributed by atoms with Crippen LogP contribution >= 0.6 is 15.9 Å². The van der Waals surface area contributed by atoms with Crippen molar-refractivity contribution in [3.8, 4) is 0 Å². The molecule has 1 aliphatic rings. The lowest BCUT2D eigenvalue weighted by Crippen LogP contribution is -2.26. The molecule has 100 valence electrons. The molecule has 0 aromatic heterocycles. The molecule has 2 rings (SSSR count). The molecule has 0 aliphatic heterocycles. The fraction of sp³-hybridized carbons (Fsp3) is 0.625. The Balaban J connectivity index is 1.85. The van der Waals surface area contributed by atoms with Crippen LogP contribution in [0.5, 0.6) is 0 Å². The third kappa shape index (κ3) is 5.11. The Morgan fingerprint density at radius 3 is 2.89 bits per heavy atom. The summed E-state index contributed by atoms with van der Waals surface area (Å²) in [5, 5.41) is 3.69. The average Bonchev–Trinajstić information content (AvgIpc) is 3.17. The Morgan fingerprint density at radius 1 is 1.39 bits per heavy atom. The summed E-state index contributed by atoms with van der Waals surface area (Å²) in [5.41, 5.74) is 1.46. The molecular formula is C16H24BrN. The van der Waals surface area contributed by atoms with Crippen LogP contribution in [-0.4, -0.2) is 12.6 Å². The average molecular weight is 310 g/mol. The van der Waals surface area contributed by atoms with Gasteiger partial charge in [0.2, 0.25) is 0 Å². The van der Waals surface area contributed by atoms with Gasteiger partial charge in [-0.3, -0.25) is 0 Å². The van der Waals surface area contributed by atoms with Crippen molar-refractivity contribution in [1.29, 1.82) is 0 Å². The van der Waals surface area contributed by atoms with Crippen molar-refractivity contribution in [2.45, 2.75) is 51.5 Å². The molecule has 0 amide bonds. The van der Waals surface area contributed by atoms with Crippen LogP contribution < -0.4 is 5.32 Å². The second-order valence-electron chi connectivity index (χ2n) is 5.52. The molecule has 1 saturated carbocycles. The van der Waals surface area contributed by atoms with Crippen molar-refractivity contribution in [3.63, 3.8) is 0 Å². The van der Waals surface area contributed by atoms with Crippen LogP contribution in [0.4, 0.5) is 0 Å². The highest BCUT2D eigenvalue weighted by Crippen LogP contribution is 2.22. The number of benzene rings is 1. The summed E-state index contributed by atoms with van der Waals surface area (Å²) >= 11 is 3.56. The second-order valence-corrected chi connectivity index (χ2v) is 6.44. The van der Waals surface area contributed by atoms with Gasteiger partial charge in [0.15, 0.2) is 0 Å².